The summed E-state index contributed by atoms with van der Waals surface area (Å²) in [4.78, 5) is 54.6. The third-order valence-corrected chi connectivity index (χ3v) is 14.5. The summed E-state index contributed by atoms with van der Waals surface area (Å²) in [5.41, 5.74) is 14.1. The topological polar surface area (TPSA) is 438 Å². The molecule has 0 bridgehead atoms. The Morgan fingerprint density at radius 3 is 1.49 bits per heavy atom. The number of nitrogens with one attached hydrogen (secondary N) is 1. The summed E-state index contributed by atoms with van der Waals surface area (Å²) in [6.07, 6.45) is 1.72. The van der Waals surface area contributed by atoms with E-state index in [2.05, 4.69) is 162 Å². The van der Waals surface area contributed by atoms with Crippen LogP contribution in [-0.2, 0) is 88.8 Å². The second kappa shape index (κ2) is 49.6. The molecule has 0 aromatic carbocycles. The van der Waals surface area contributed by atoms with Gasteiger partial charge < -0.3 is 80.9 Å². The highest BCUT2D eigenvalue weighted by Gasteiger charge is 2.24. The maximum Gasteiger partial charge on any atom is 0.390 e. The van der Waals surface area contributed by atoms with Crippen LogP contribution in [0.2, 0.25) is 0 Å². The van der Waals surface area contributed by atoms with Crippen molar-refractivity contribution in [1.29, 1.82) is 0 Å². The van der Waals surface area contributed by atoms with Crippen LogP contribution in [0.15, 0.2) is 56.3 Å². The van der Waals surface area contributed by atoms with Crippen molar-refractivity contribution in [3.63, 3.8) is 0 Å². The lowest BCUT2D eigenvalue weighted by molar-refractivity contribution is -0.390. The number of aliphatic hydroxyl groups is 2. The van der Waals surface area contributed by atoms with E-state index in [4.69, 9.17) is 47.0 Å². The summed E-state index contributed by atoms with van der Waals surface area (Å²) in [5.74, 6) is 0.191. The first-order valence-electron chi connectivity index (χ1n) is 25.3. The number of nitro groups is 4. The van der Waals surface area contributed by atoms with E-state index in [-0.39, 0.29) is 53.6 Å². The van der Waals surface area contributed by atoms with Crippen molar-refractivity contribution in [2.24, 2.45) is 12.8 Å². The SMILES string of the molecule is BrCCBr.COCCN.COCCN1CCn2nc(N)cc2C1.COCCN1CCn2nc([N+](=O)[O-])cc2C1.Cn1cc(Br)cc(Br)c1=O.O=S(Cl)Cl.O=[N+]([O-])c1cc(CCl)n(CCBr)n1.O=[N+]([O-])c1cc(CO)n(CCBr)n1.O=[N+]([O-])c1cc(CO)n[nH]1. The van der Waals surface area contributed by atoms with Gasteiger partial charge in [0.2, 0.25) is 9.23 Å². The molecule has 0 fully saturated rings. The molecule has 44 heteroatoms. The van der Waals surface area contributed by atoms with E-state index in [0.717, 1.165) is 66.7 Å². The molecule has 6 aromatic heterocycles. The van der Waals surface area contributed by atoms with Crippen molar-refractivity contribution in [2.75, 3.05) is 101 Å². The van der Waals surface area contributed by atoms with E-state index in [9.17, 15) is 45.3 Å². The Hall–Kier alpha value is -4.02. The Balaban J connectivity index is 0.00000101. The number of aliphatic hydroxyl groups excluding tert-OH is 2. The largest absolute Gasteiger partial charge is 0.390 e. The number of alkyl halides is 5. The highest BCUT2D eigenvalue weighted by molar-refractivity contribution is 9.12. The molecule has 89 heavy (non-hydrogen) atoms. The third-order valence-electron chi connectivity index (χ3n) is 10.6. The molecule has 0 saturated heterocycles. The lowest BCUT2D eigenvalue weighted by Crippen LogP contribution is -2.35. The van der Waals surface area contributed by atoms with Crippen LogP contribution < -0.4 is 17.0 Å². The first kappa shape index (κ1) is 85.0. The average Bonchev–Trinajstić information content (AvgIpc) is 2.30. The molecular formula is C45H68Br6Cl3N19O15S. The van der Waals surface area contributed by atoms with Gasteiger partial charge in [-0.3, -0.25) is 19.3 Å². The highest BCUT2D eigenvalue weighted by Crippen LogP contribution is 2.19. The molecule has 0 aliphatic carbocycles. The predicted octanol–water partition coefficient (Wildman–Crippen LogP) is 6.92. The lowest BCUT2D eigenvalue weighted by atomic mass is 10.3. The van der Waals surface area contributed by atoms with Crippen LogP contribution in [0.5, 0.6) is 0 Å². The molecule has 7 N–H and O–H groups in total. The van der Waals surface area contributed by atoms with Crippen molar-refractivity contribution in [1.82, 2.24) is 63.7 Å². The number of methoxy groups -OCH3 is 3. The summed E-state index contributed by atoms with van der Waals surface area (Å²) in [6, 6.07) is 9.04. The van der Waals surface area contributed by atoms with Crippen LogP contribution in [0.3, 0.4) is 0 Å². The van der Waals surface area contributed by atoms with Gasteiger partial charge in [0.15, 0.2) is 0 Å². The number of aromatic nitrogens is 11. The van der Waals surface area contributed by atoms with Gasteiger partial charge in [0, 0.05) is 134 Å². The van der Waals surface area contributed by atoms with Gasteiger partial charge >= 0.3 is 23.3 Å². The molecule has 502 valence electrons. The number of hydrogen-bond donors (Lipinski definition) is 5. The van der Waals surface area contributed by atoms with Crippen LogP contribution in [0, 0.1) is 40.5 Å². The molecule has 2 aliphatic heterocycles. The molecule has 34 nitrogen and oxygen atoms in total. The number of halogens is 9. The summed E-state index contributed by atoms with van der Waals surface area (Å²) in [7, 11) is 14.1. The van der Waals surface area contributed by atoms with Crippen molar-refractivity contribution in [3.8, 4) is 0 Å². The van der Waals surface area contributed by atoms with E-state index in [0.29, 0.717) is 78.3 Å². The van der Waals surface area contributed by atoms with E-state index in [1.807, 2.05) is 10.7 Å². The van der Waals surface area contributed by atoms with Crippen molar-refractivity contribution in [2.45, 2.75) is 58.4 Å². The Morgan fingerprint density at radius 1 is 0.663 bits per heavy atom. The minimum atomic E-state index is -1.67. The zero-order valence-corrected chi connectivity index (χ0v) is 60.8. The Labute approximate surface area is 577 Å². The van der Waals surface area contributed by atoms with Crippen LogP contribution >= 0.6 is 129 Å². The number of nitrogens with two attached hydrogens (primary N) is 2. The zero-order valence-electron chi connectivity index (χ0n) is 48.2. The van der Waals surface area contributed by atoms with Crippen LogP contribution in [0.4, 0.5) is 29.1 Å². The molecule has 0 radical (unpaired) electrons. The number of fused-ring (bicyclic) bond motifs is 2. The highest BCUT2D eigenvalue weighted by atomic mass is 79.9. The number of anilines is 1. The van der Waals surface area contributed by atoms with E-state index in [1.54, 1.807) is 51.4 Å². The molecule has 8 heterocycles. The van der Waals surface area contributed by atoms with Crippen molar-refractivity contribution in [3.05, 3.63) is 131 Å². The quantitative estimate of drug-likeness (QED) is 0.0224. The maximum atomic E-state index is 11.0. The Bertz CT molecular complexity index is 2990. The minimum Gasteiger partial charge on any atom is -0.390 e. The number of nitrogens with zero attached hydrogens (tertiary/aromatic N) is 16. The number of ether oxygens (including phenoxy) is 3. The molecule has 6 aromatic rings. The van der Waals surface area contributed by atoms with Gasteiger partial charge in [-0.15, -0.1) is 16.7 Å². The molecule has 8 rings (SSSR count). The fraction of sp³-hybridized carbons (Fsp3) is 0.556. The number of nitrogen functional groups attached to an aromatic ring is 1. The van der Waals surface area contributed by atoms with Gasteiger partial charge in [-0.2, -0.15) is 19.1 Å². The average molecular weight is 1730 g/mol. The summed E-state index contributed by atoms with van der Waals surface area (Å²) in [5, 5.41) is 83.1. The van der Waals surface area contributed by atoms with Gasteiger partial charge in [-0.25, -0.2) is 4.21 Å². The zero-order chi connectivity index (χ0) is 67.6. The Morgan fingerprint density at radius 2 is 1.12 bits per heavy atom. The van der Waals surface area contributed by atoms with Gasteiger partial charge in [0.1, 0.15) is 11.5 Å². The summed E-state index contributed by atoms with van der Waals surface area (Å²) >= 11 is 24.8. The second-order valence-corrected chi connectivity index (χ2v) is 24.6. The Kier molecular flexibility index (Phi) is 47.4. The maximum absolute atomic E-state index is 11.0. The predicted molar refractivity (Wildman–Crippen MR) is 357 cm³/mol. The third kappa shape index (κ3) is 35.6. The van der Waals surface area contributed by atoms with Gasteiger partial charge in [0.25, 0.3) is 5.56 Å². The number of pyridine rings is 1. The number of hydrogen-bond acceptors (Lipinski definition) is 24. The molecule has 0 atom stereocenters. The number of aromatic amines is 1. The second-order valence-electron chi connectivity index (χ2n) is 16.8. The van der Waals surface area contributed by atoms with Crippen LogP contribution in [0.1, 0.15) is 28.5 Å². The minimum absolute atomic E-state index is 0.0248. The van der Waals surface area contributed by atoms with Gasteiger partial charge in [-0.05, 0) is 57.6 Å². The molecular weight excluding hydrogens is 1660 g/mol. The normalized spacial score (nSPS) is 12.0. The number of aryl methyl sites for hydroxylation is 3. The van der Waals surface area contributed by atoms with Crippen molar-refractivity contribution >= 4 is 167 Å². The van der Waals surface area contributed by atoms with Crippen molar-refractivity contribution < 1.29 is 48.3 Å². The van der Waals surface area contributed by atoms with Crippen LogP contribution in [0.25, 0.3) is 0 Å². The number of H-pyrrole nitrogens is 1. The lowest BCUT2D eigenvalue weighted by Gasteiger charge is -2.26. The fourth-order valence-electron chi connectivity index (χ4n) is 6.68. The molecule has 2 aliphatic rings. The number of rotatable bonds is 20. The van der Waals surface area contributed by atoms with E-state index >= 15 is 0 Å². The summed E-state index contributed by atoms with van der Waals surface area (Å²) in [6.45, 7) is 10.2. The standard InChI is InChI=1S/C9H14N4O3.C9H16N4O.C6H5Br2NO.C6H7BrClN3O2.C6H8BrN3O3.C4H5N3O3.C3H9NO.C2H4Br2.Cl2OS/c1-16-5-4-11-2-3-12-8(7-11)6-9(10-12)13(14)15;1-14-5-4-12-2-3-13-8(7-12)6-9(10)11-13;1-9-3-4(7)2-5(8)6(9)10;7-1-2-10-5(4-8)3-6(9-10)11(12)13;7-1-2-9-5(4-11)3-6(8-9)10(12)13;8-2-3-1-4(6-5-3)7(9)10;1-5-3-2-4;3-1-2-4;1-4(2)3/h6H,2-5,7H2,1H3;6H,2-5,7H2,1H3,(H2,10,11);2-3H,1H3;3H,1-2,4H2;3,11H,1-2,4H2;1,8H,2H2,(H,5,6);2-4H2,1H3;1-2H2;. The molecule has 0 saturated carbocycles. The van der Waals surface area contributed by atoms with Gasteiger partial charge in [0.05, 0.1) is 132 Å². The first-order valence-corrected chi connectivity index (χ1v) is 34.7. The van der Waals surface area contributed by atoms with E-state index in [1.165, 1.54) is 37.8 Å². The van der Waals surface area contributed by atoms with E-state index < -0.39 is 28.9 Å². The fourth-order valence-corrected chi connectivity index (χ4v) is 8.93. The first-order chi connectivity index (χ1) is 42.3. The molecule has 0 spiro atoms. The molecule has 0 unspecified atom stereocenters. The smallest absolute Gasteiger partial charge is 0.390 e. The monoisotopic (exact) mass is 1720 g/mol. The molecule has 0 amide bonds. The van der Waals surface area contributed by atoms with Crippen LogP contribution in [-0.4, -0.2) is 193 Å². The summed E-state index contributed by atoms with van der Waals surface area (Å²) < 4.78 is 33.3. The van der Waals surface area contributed by atoms with Gasteiger partial charge in [-0.1, -0.05) is 68.8 Å².